The Morgan fingerprint density at radius 2 is 1.81 bits per heavy atom. The van der Waals surface area contributed by atoms with Crippen LogP contribution in [0.15, 0.2) is 64.0 Å². The van der Waals surface area contributed by atoms with Crippen molar-refractivity contribution in [2.24, 2.45) is 4.99 Å². The topological polar surface area (TPSA) is 100 Å². The fraction of sp³-hybridized carbons (Fsp3) is 0.190. The molecule has 0 aliphatic rings. The number of nitrogens with zero attached hydrogens (tertiary/aromatic N) is 1. The average molecular weight is 365 g/mol. The third-order valence-electron chi connectivity index (χ3n) is 4.17. The van der Waals surface area contributed by atoms with Crippen LogP contribution in [0.2, 0.25) is 0 Å². The van der Waals surface area contributed by atoms with Gasteiger partial charge < -0.3 is 14.6 Å². The number of carboxylic acid groups (broad SMARTS) is 2. The minimum atomic E-state index is -1.15. The van der Waals surface area contributed by atoms with Gasteiger partial charge in [0.05, 0.1) is 5.36 Å². The Kier molecular flexibility index (Phi) is 5.35. The first-order chi connectivity index (χ1) is 12.9. The predicted molar refractivity (Wildman–Crippen MR) is 100 cm³/mol. The van der Waals surface area contributed by atoms with Gasteiger partial charge >= 0.3 is 11.9 Å². The summed E-state index contributed by atoms with van der Waals surface area (Å²) in [5.74, 6) is -1.64. The van der Waals surface area contributed by atoms with Gasteiger partial charge in [0.25, 0.3) is 0 Å². The largest absolute Gasteiger partial charge is 0.481 e. The molecule has 0 radical (unpaired) electrons. The number of aliphatic carboxylic acids is 2. The quantitative estimate of drug-likeness (QED) is 0.695. The maximum absolute atomic E-state index is 11.6. The number of hydrogen-bond acceptors (Lipinski definition) is 4. The summed E-state index contributed by atoms with van der Waals surface area (Å²) in [5, 5.41) is 19.5. The standard InChI is InChI=1S/C21H19NO5/c1-13-7-9-18-15(11-13)17(22-16(21(25)26)8-10-20(23)24)12-19(27-18)14-5-3-2-4-6-14/h2-7,9,11-12,16H,8,10H2,1H3,(H,23,24)(H,25,26). The molecule has 2 N–H and O–H groups in total. The molecular formula is C21H19NO5. The van der Waals surface area contributed by atoms with E-state index in [0.717, 1.165) is 11.1 Å². The van der Waals surface area contributed by atoms with Gasteiger partial charge in [0.15, 0.2) is 0 Å². The molecule has 1 atom stereocenters. The van der Waals surface area contributed by atoms with Crippen LogP contribution in [0.5, 0.6) is 0 Å². The molecule has 1 unspecified atom stereocenters. The predicted octanol–water partition coefficient (Wildman–Crippen LogP) is 3.63. The van der Waals surface area contributed by atoms with Gasteiger partial charge in [-0.2, -0.15) is 0 Å². The van der Waals surface area contributed by atoms with E-state index in [1.165, 1.54) is 0 Å². The molecule has 1 aromatic heterocycles. The van der Waals surface area contributed by atoms with Gasteiger partial charge in [-0.3, -0.25) is 9.79 Å². The van der Waals surface area contributed by atoms with Crippen LogP contribution >= 0.6 is 0 Å². The van der Waals surface area contributed by atoms with E-state index >= 15 is 0 Å². The molecule has 0 amide bonds. The van der Waals surface area contributed by atoms with Crippen LogP contribution in [0, 0.1) is 6.92 Å². The van der Waals surface area contributed by atoms with Crippen LogP contribution in [0.4, 0.5) is 0 Å². The van der Waals surface area contributed by atoms with Gasteiger partial charge in [-0.25, -0.2) is 4.79 Å². The highest BCUT2D eigenvalue weighted by molar-refractivity contribution is 5.80. The molecule has 0 aliphatic carbocycles. The normalized spacial score (nSPS) is 12.9. The number of fused-ring (bicyclic) bond motifs is 1. The third-order valence-corrected chi connectivity index (χ3v) is 4.17. The molecule has 0 spiro atoms. The van der Waals surface area contributed by atoms with Crippen LogP contribution in [0.1, 0.15) is 18.4 Å². The molecular weight excluding hydrogens is 346 g/mol. The van der Waals surface area contributed by atoms with Crippen molar-refractivity contribution in [3.63, 3.8) is 0 Å². The summed E-state index contributed by atoms with van der Waals surface area (Å²) in [4.78, 5) is 26.8. The number of carbonyl (C=O) groups is 2. The highest BCUT2D eigenvalue weighted by atomic mass is 16.4. The second-order valence-electron chi connectivity index (χ2n) is 6.28. The first kappa shape index (κ1) is 18.4. The minimum Gasteiger partial charge on any atom is -0.481 e. The van der Waals surface area contributed by atoms with Crippen molar-refractivity contribution < 1.29 is 24.2 Å². The van der Waals surface area contributed by atoms with Crippen LogP contribution < -0.4 is 5.36 Å². The maximum atomic E-state index is 11.6. The monoisotopic (exact) mass is 365 g/mol. The van der Waals surface area contributed by atoms with Crippen molar-refractivity contribution in [3.05, 3.63) is 65.5 Å². The zero-order valence-corrected chi connectivity index (χ0v) is 14.8. The van der Waals surface area contributed by atoms with E-state index in [1.807, 2.05) is 55.5 Å². The van der Waals surface area contributed by atoms with Crippen molar-refractivity contribution >= 4 is 22.9 Å². The first-order valence-corrected chi connectivity index (χ1v) is 8.52. The van der Waals surface area contributed by atoms with E-state index in [2.05, 4.69) is 4.99 Å². The van der Waals surface area contributed by atoms with E-state index in [4.69, 9.17) is 9.52 Å². The molecule has 1 heterocycles. The Labute approximate surface area is 155 Å². The molecule has 0 saturated heterocycles. The lowest BCUT2D eigenvalue weighted by Gasteiger charge is -2.09. The average Bonchev–Trinajstić information content (AvgIpc) is 2.65. The van der Waals surface area contributed by atoms with E-state index < -0.39 is 18.0 Å². The van der Waals surface area contributed by atoms with Gasteiger partial charge in [-0.05, 0) is 25.5 Å². The molecule has 27 heavy (non-hydrogen) atoms. The van der Waals surface area contributed by atoms with Gasteiger partial charge in [0, 0.05) is 23.4 Å². The summed E-state index contributed by atoms with van der Waals surface area (Å²) >= 11 is 0. The molecule has 0 fully saturated rings. The van der Waals surface area contributed by atoms with Gasteiger partial charge in [-0.1, -0.05) is 42.0 Å². The van der Waals surface area contributed by atoms with Crippen molar-refractivity contribution in [1.29, 1.82) is 0 Å². The zero-order chi connectivity index (χ0) is 19.4. The first-order valence-electron chi connectivity index (χ1n) is 8.52. The van der Waals surface area contributed by atoms with E-state index in [9.17, 15) is 14.7 Å². The molecule has 0 saturated carbocycles. The van der Waals surface area contributed by atoms with E-state index in [1.54, 1.807) is 6.07 Å². The summed E-state index contributed by atoms with van der Waals surface area (Å²) < 4.78 is 5.98. The molecule has 6 nitrogen and oxygen atoms in total. The second-order valence-corrected chi connectivity index (χ2v) is 6.28. The fourth-order valence-electron chi connectivity index (χ4n) is 2.81. The number of rotatable bonds is 6. The lowest BCUT2D eigenvalue weighted by Crippen LogP contribution is -2.22. The van der Waals surface area contributed by atoms with E-state index in [-0.39, 0.29) is 12.8 Å². The molecule has 0 aliphatic heterocycles. The van der Waals surface area contributed by atoms with Crippen molar-refractivity contribution in [2.75, 3.05) is 0 Å². The molecule has 3 rings (SSSR count). The van der Waals surface area contributed by atoms with Crippen LogP contribution in [-0.2, 0) is 9.59 Å². The molecule has 6 heteroatoms. The molecule has 3 aromatic rings. The summed E-state index contributed by atoms with van der Waals surface area (Å²) in [6, 6.07) is 15.6. The maximum Gasteiger partial charge on any atom is 0.328 e. The molecule has 2 aromatic carbocycles. The summed E-state index contributed by atoms with van der Waals surface area (Å²) in [6.45, 7) is 1.92. The van der Waals surface area contributed by atoms with Crippen molar-refractivity contribution in [1.82, 2.24) is 0 Å². The number of hydrogen-bond donors (Lipinski definition) is 2. The van der Waals surface area contributed by atoms with E-state index in [0.29, 0.717) is 22.1 Å². The Hall–Kier alpha value is -3.41. The van der Waals surface area contributed by atoms with Gasteiger partial charge in [0.1, 0.15) is 17.4 Å². The van der Waals surface area contributed by atoms with Crippen LogP contribution in [0.3, 0.4) is 0 Å². The summed E-state index contributed by atoms with van der Waals surface area (Å²) in [5.41, 5.74) is 2.41. The van der Waals surface area contributed by atoms with Crippen LogP contribution in [-0.4, -0.2) is 28.2 Å². The van der Waals surface area contributed by atoms with Gasteiger partial charge in [-0.15, -0.1) is 0 Å². The lowest BCUT2D eigenvalue weighted by molar-refractivity contribution is -0.139. The SMILES string of the molecule is Cc1ccc2oc(-c3ccccc3)cc(=NC(CCC(=O)O)C(=O)O)c2c1. The third kappa shape index (κ3) is 4.41. The van der Waals surface area contributed by atoms with Crippen molar-refractivity contribution in [3.8, 4) is 11.3 Å². The number of aryl methyl sites for hydroxylation is 1. The smallest absolute Gasteiger partial charge is 0.328 e. The lowest BCUT2D eigenvalue weighted by atomic mass is 10.1. The Morgan fingerprint density at radius 1 is 1.07 bits per heavy atom. The summed E-state index contributed by atoms with van der Waals surface area (Å²) in [6.07, 6.45) is -0.342. The second kappa shape index (κ2) is 7.86. The summed E-state index contributed by atoms with van der Waals surface area (Å²) in [7, 11) is 0. The highest BCUT2D eigenvalue weighted by Gasteiger charge is 2.18. The Balaban J connectivity index is 2.20. The van der Waals surface area contributed by atoms with Gasteiger partial charge in [0.2, 0.25) is 0 Å². The zero-order valence-electron chi connectivity index (χ0n) is 14.8. The molecule has 0 bridgehead atoms. The van der Waals surface area contributed by atoms with Crippen molar-refractivity contribution in [2.45, 2.75) is 25.8 Å². The van der Waals surface area contributed by atoms with Crippen LogP contribution in [0.25, 0.3) is 22.3 Å². The number of carboxylic acids is 2. The fourth-order valence-corrected chi connectivity index (χ4v) is 2.81. The highest BCUT2D eigenvalue weighted by Crippen LogP contribution is 2.22. The minimum absolute atomic E-state index is 0.0787. The molecule has 138 valence electrons. The Bertz CT molecular complexity index is 1050. The number of benzene rings is 2. The Morgan fingerprint density at radius 3 is 2.48 bits per heavy atom.